The lowest BCUT2D eigenvalue weighted by Crippen LogP contribution is -2.09. The van der Waals surface area contributed by atoms with Crippen molar-refractivity contribution < 1.29 is 4.74 Å². The van der Waals surface area contributed by atoms with E-state index in [0.29, 0.717) is 5.88 Å². The molecule has 0 aliphatic rings. The zero-order chi connectivity index (χ0) is 15.0. The van der Waals surface area contributed by atoms with Crippen LogP contribution in [0.2, 0.25) is 0 Å². The Kier molecular flexibility index (Phi) is 3.87. The highest BCUT2D eigenvalue weighted by Gasteiger charge is 2.20. The third-order valence-electron chi connectivity index (χ3n) is 3.48. The summed E-state index contributed by atoms with van der Waals surface area (Å²) in [5.41, 5.74) is 2.90. The fraction of sp³-hybridized carbons (Fsp3) is 0.333. The highest BCUT2D eigenvalue weighted by atomic mass is 35.5. The number of thiazole rings is 1. The number of methoxy groups -OCH3 is 1. The minimum atomic E-state index is 0.0922. The number of aryl methyl sites for hydroxylation is 1. The standard InChI is InChI=1S/C15H16ClN3OS/c1-9-8-21-15(17-9)10(2)19-11-5-4-6-12(20-3)14(11)18-13(19)7-16/h4-6,8,10H,7H2,1-3H3. The number of aromatic nitrogens is 3. The Morgan fingerprint density at radius 2 is 2.19 bits per heavy atom. The lowest BCUT2D eigenvalue weighted by atomic mass is 10.2. The number of rotatable bonds is 4. The van der Waals surface area contributed by atoms with Crippen LogP contribution in [-0.4, -0.2) is 21.6 Å². The normalized spacial score (nSPS) is 12.8. The van der Waals surface area contributed by atoms with E-state index in [2.05, 4.69) is 26.8 Å². The molecule has 3 rings (SSSR count). The lowest BCUT2D eigenvalue weighted by Gasteiger charge is -2.14. The van der Waals surface area contributed by atoms with E-state index in [-0.39, 0.29) is 6.04 Å². The number of imidazole rings is 1. The molecule has 0 aliphatic carbocycles. The van der Waals surface area contributed by atoms with E-state index >= 15 is 0 Å². The summed E-state index contributed by atoms with van der Waals surface area (Å²) in [4.78, 5) is 9.23. The Morgan fingerprint density at radius 3 is 2.81 bits per heavy atom. The molecule has 3 aromatic rings. The van der Waals surface area contributed by atoms with Gasteiger partial charge in [0.2, 0.25) is 0 Å². The molecule has 0 N–H and O–H groups in total. The van der Waals surface area contributed by atoms with Crippen molar-refractivity contribution in [1.82, 2.24) is 14.5 Å². The molecule has 0 aliphatic heterocycles. The molecule has 2 heterocycles. The smallest absolute Gasteiger partial charge is 0.146 e. The van der Waals surface area contributed by atoms with Crippen LogP contribution in [0.25, 0.3) is 11.0 Å². The van der Waals surface area contributed by atoms with Crippen molar-refractivity contribution in [2.75, 3.05) is 7.11 Å². The molecule has 1 unspecified atom stereocenters. The fourth-order valence-corrected chi connectivity index (χ4v) is 3.54. The summed E-state index contributed by atoms with van der Waals surface area (Å²) in [7, 11) is 1.65. The van der Waals surface area contributed by atoms with E-state index < -0.39 is 0 Å². The van der Waals surface area contributed by atoms with Crippen molar-refractivity contribution in [1.29, 1.82) is 0 Å². The predicted octanol–water partition coefficient (Wildman–Crippen LogP) is 4.16. The van der Waals surface area contributed by atoms with Gasteiger partial charge in [-0.3, -0.25) is 0 Å². The van der Waals surface area contributed by atoms with Gasteiger partial charge in [0, 0.05) is 11.1 Å². The van der Waals surface area contributed by atoms with Crippen LogP contribution in [0.3, 0.4) is 0 Å². The molecule has 4 nitrogen and oxygen atoms in total. The van der Waals surface area contributed by atoms with Crippen molar-refractivity contribution in [2.24, 2.45) is 0 Å². The first-order valence-corrected chi connectivity index (χ1v) is 8.09. The van der Waals surface area contributed by atoms with Crippen molar-refractivity contribution in [2.45, 2.75) is 25.8 Å². The van der Waals surface area contributed by atoms with Crippen molar-refractivity contribution in [3.63, 3.8) is 0 Å². The minimum Gasteiger partial charge on any atom is -0.494 e. The van der Waals surface area contributed by atoms with Gasteiger partial charge >= 0.3 is 0 Å². The maximum Gasteiger partial charge on any atom is 0.146 e. The van der Waals surface area contributed by atoms with Crippen molar-refractivity contribution in [3.05, 3.63) is 40.1 Å². The lowest BCUT2D eigenvalue weighted by molar-refractivity contribution is 0.419. The Labute approximate surface area is 132 Å². The number of fused-ring (bicyclic) bond motifs is 1. The Bertz CT molecular complexity index is 780. The summed E-state index contributed by atoms with van der Waals surface area (Å²) in [5, 5.41) is 3.12. The van der Waals surface area contributed by atoms with Gasteiger partial charge in [-0.2, -0.15) is 0 Å². The maximum absolute atomic E-state index is 6.09. The first-order valence-electron chi connectivity index (χ1n) is 6.67. The summed E-state index contributed by atoms with van der Waals surface area (Å²) >= 11 is 7.75. The molecule has 110 valence electrons. The molecule has 0 fully saturated rings. The van der Waals surface area contributed by atoms with Crippen LogP contribution in [0, 0.1) is 6.92 Å². The molecular formula is C15H16ClN3OS. The van der Waals surface area contributed by atoms with Crippen LogP contribution in [0.5, 0.6) is 5.75 Å². The van der Waals surface area contributed by atoms with Gasteiger partial charge in [0.15, 0.2) is 0 Å². The van der Waals surface area contributed by atoms with E-state index in [1.54, 1.807) is 18.4 Å². The molecule has 0 spiro atoms. The summed E-state index contributed by atoms with van der Waals surface area (Å²) in [5.74, 6) is 1.95. The quantitative estimate of drug-likeness (QED) is 0.677. The average Bonchev–Trinajstić information content (AvgIpc) is 3.09. The molecule has 0 saturated heterocycles. The summed E-state index contributed by atoms with van der Waals surface area (Å²) in [6.45, 7) is 4.12. The Balaban J connectivity index is 2.21. The molecule has 0 bridgehead atoms. The van der Waals surface area contributed by atoms with Crippen LogP contribution >= 0.6 is 22.9 Å². The second-order valence-corrected chi connectivity index (χ2v) is 6.02. The molecule has 0 amide bonds. The SMILES string of the molecule is COc1cccc2c1nc(CCl)n2C(C)c1nc(C)cs1. The van der Waals surface area contributed by atoms with Gasteiger partial charge in [-0.1, -0.05) is 6.07 Å². The summed E-state index contributed by atoms with van der Waals surface area (Å²) < 4.78 is 7.54. The molecule has 6 heteroatoms. The second kappa shape index (κ2) is 5.66. The first kappa shape index (κ1) is 14.4. The Hall–Kier alpha value is -1.59. The molecule has 1 aromatic carbocycles. The highest BCUT2D eigenvalue weighted by molar-refractivity contribution is 7.09. The van der Waals surface area contributed by atoms with Crippen LogP contribution in [-0.2, 0) is 5.88 Å². The van der Waals surface area contributed by atoms with Gasteiger partial charge in [0.05, 0.1) is 24.5 Å². The summed E-state index contributed by atoms with van der Waals surface area (Å²) in [6.07, 6.45) is 0. The third kappa shape index (κ3) is 2.40. The van der Waals surface area contributed by atoms with E-state index in [0.717, 1.165) is 33.3 Å². The van der Waals surface area contributed by atoms with Gasteiger partial charge in [-0.15, -0.1) is 22.9 Å². The number of hydrogen-bond acceptors (Lipinski definition) is 4. The maximum atomic E-state index is 6.09. The largest absolute Gasteiger partial charge is 0.494 e. The van der Waals surface area contributed by atoms with Gasteiger partial charge in [-0.25, -0.2) is 9.97 Å². The van der Waals surface area contributed by atoms with E-state index in [1.807, 2.05) is 25.1 Å². The number of ether oxygens (including phenoxy) is 1. The zero-order valence-electron chi connectivity index (χ0n) is 12.1. The number of alkyl halides is 1. The third-order valence-corrected chi connectivity index (χ3v) is 4.85. The minimum absolute atomic E-state index is 0.0922. The average molecular weight is 322 g/mol. The summed E-state index contributed by atoms with van der Waals surface area (Å²) in [6, 6.07) is 6.01. The van der Waals surface area contributed by atoms with Crippen molar-refractivity contribution in [3.8, 4) is 5.75 Å². The molecule has 0 radical (unpaired) electrons. The highest BCUT2D eigenvalue weighted by Crippen LogP contribution is 2.32. The zero-order valence-corrected chi connectivity index (χ0v) is 13.7. The molecule has 0 saturated carbocycles. The van der Waals surface area contributed by atoms with Gasteiger partial charge in [-0.05, 0) is 26.0 Å². The van der Waals surface area contributed by atoms with E-state index in [9.17, 15) is 0 Å². The fourth-order valence-electron chi connectivity index (χ4n) is 2.51. The Morgan fingerprint density at radius 1 is 1.38 bits per heavy atom. The number of hydrogen-bond donors (Lipinski definition) is 0. The first-order chi connectivity index (χ1) is 10.2. The number of nitrogens with zero attached hydrogens (tertiary/aromatic N) is 3. The van der Waals surface area contributed by atoms with Crippen LogP contribution < -0.4 is 4.74 Å². The number of halogens is 1. The molecule has 21 heavy (non-hydrogen) atoms. The topological polar surface area (TPSA) is 39.9 Å². The number of para-hydroxylation sites is 1. The van der Waals surface area contributed by atoms with Crippen LogP contribution in [0.4, 0.5) is 0 Å². The van der Waals surface area contributed by atoms with Crippen LogP contribution in [0.1, 0.15) is 29.5 Å². The van der Waals surface area contributed by atoms with E-state index in [1.165, 1.54) is 0 Å². The van der Waals surface area contributed by atoms with Crippen molar-refractivity contribution >= 4 is 34.0 Å². The number of benzene rings is 1. The predicted molar refractivity (Wildman–Crippen MR) is 86.5 cm³/mol. The van der Waals surface area contributed by atoms with Crippen LogP contribution in [0.15, 0.2) is 23.6 Å². The van der Waals surface area contributed by atoms with Gasteiger partial charge in [0.25, 0.3) is 0 Å². The molecular weight excluding hydrogens is 306 g/mol. The molecule has 1 atom stereocenters. The van der Waals surface area contributed by atoms with Gasteiger partial charge < -0.3 is 9.30 Å². The monoisotopic (exact) mass is 321 g/mol. The molecule has 2 aromatic heterocycles. The second-order valence-electron chi connectivity index (χ2n) is 4.86. The van der Waals surface area contributed by atoms with Gasteiger partial charge in [0.1, 0.15) is 22.1 Å². The van der Waals surface area contributed by atoms with E-state index in [4.69, 9.17) is 16.3 Å².